The number of benzene rings is 1. The zero-order valence-corrected chi connectivity index (χ0v) is 9.30. The second-order valence-corrected chi connectivity index (χ2v) is 3.24. The van der Waals surface area contributed by atoms with Crippen LogP contribution in [0.1, 0.15) is 15.9 Å². The highest BCUT2D eigenvalue weighted by Crippen LogP contribution is 2.20. The van der Waals surface area contributed by atoms with Crippen LogP contribution < -0.4 is 4.74 Å². The number of rotatable bonds is 4. The number of ether oxygens (including phenoxy) is 2. The molecule has 0 atom stereocenters. The van der Waals surface area contributed by atoms with Crippen LogP contribution in [0, 0.1) is 6.92 Å². The Hall–Kier alpha value is -2.30. The van der Waals surface area contributed by atoms with Gasteiger partial charge in [0.05, 0.1) is 5.56 Å². The minimum absolute atomic E-state index is 0.0382. The lowest BCUT2D eigenvalue weighted by molar-refractivity contribution is 0.0695. The third-order valence-electron chi connectivity index (χ3n) is 1.95. The van der Waals surface area contributed by atoms with Crippen LogP contribution >= 0.6 is 0 Å². The average molecular weight is 236 g/mol. The summed E-state index contributed by atoms with van der Waals surface area (Å²) in [6.45, 7) is 5.12. The fourth-order valence-electron chi connectivity index (χ4n) is 1.09. The minimum Gasteiger partial charge on any atom is -0.478 e. The van der Waals surface area contributed by atoms with Crippen molar-refractivity contribution in [3.05, 3.63) is 42.0 Å². The Labute approximate surface area is 98.3 Å². The van der Waals surface area contributed by atoms with Crippen molar-refractivity contribution >= 4 is 12.1 Å². The summed E-state index contributed by atoms with van der Waals surface area (Å²) in [7, 11) is 0. The van der Waals surface area contributed by atoms with Crippen molar-refractivity contribution in [3.63, 3.8) is 0 Å². The number of hydrogen-bond donors (Lipinski definition) is 1. The number of carbonyl (C=O) groups excluding carboxylic acids is 1. The minimum atomic E-state index is -1.09. The first-order valence-electron chi connectivity index (χ1n) is 4.84. The lowest BCUT2D eigenvalue weighted by atomic mass is 10.1. The zero-order chi connectivity index (χ0) is 12.8. The van der Waals surface area contributed by atoms with Crippen LogP contribution in [-0.4, -0.2) is 23.8 Å². The maximum Gasteiger partial charge on any atom is 0.514 e. The molecule has 5 heteroatoms. The molecule has 1 rings (SSSR count). The van der Waals surface area contributed by atoms with Crippen LogP contribution in [0.2, 0.25) is 0 Å². The van der Waals surface area contributed by atoms with Gasteiger partial charge in [0.15, 0.2) is 0 Å². The molecule has 0 heterocycles. The molecule has 0 unspecified atom stereocenters. The Kier molecular flexibility index (Phi) is 4.28. The van der Waals surface area contributed by atoms with Gasteiger partial charge in [-0.1, -0.05) is 18.7 Å². The smallest absolute Gasteiger partial charge is 0.478 e. The van der Waals surface area contributed by atoms with E-state index in [1.54, 1.807) is 13.0 Å². The van der Waals surface area contributed by atoms with Crippen LogP contribution in [-0.2, 0) is 4.74 Å². The van der Waals surface area contributed by atoms with E-state index >= 15 is 0 Å². The van der Waals surface area contributed by atoms with Gasteiger partial charge in [-0.05, 0) is 24.6 Å². The third-order valence-corrected chi connectivity index (χ3v) is 1.95. The van der Waals surface area contributed by atoms with Crippen molar-refractivity contribution in [3.8, 4) is 5.75 Å². The average Bonchev–Trinajstić information content (AvgIpc) is 2.29. The van der Waals surface area contributed by atoms with E-state index in [1.807, 2.05) is 0 Å². The second kappa shape index (κ2) is 5.69. The summed E-state index contributed by atoms with van der Waals surface area (Å²) in [5.41, 5.74) is 0.688. The quantitative estimate of drug-likeness (QED) is 0.493. The van der Waals surface area contributed by atoms with Gasteiger partial charge in [-0.3, -0.25) is 0 Å². The summed E-state index contributed by atoms with van der Waals surface area (Å²) in [6, 6.07) is 4.26. The normalized spacial score (nSPS) is 9.47. The summed E-state index contributed by atoms with van der Waals surface area (Å²) >= 11 is 0. The molecule has 0 radical (unpaired) electrons. The zero-order valence-electron chi connectivity index (χ0n) is 9.30. The van der Waals surface area contributed by atoms with Gasteiger partial charge < -0.3 is 14.6 Å². The van der Waals surface area contributed by atoms with Crippen molar-refractivity contribution in [2.45, 2.75) is 6.92 Å². The van der Waals surface area contributed by atoms with Crippen LogP contribution in [0.3, 0.4) is 0 Å². The summed E-state index contributed by atoms with van der Waals surface area (Å²) in [5, 5.41) is 8.79. The Morgan fingerprint density at radius 2 is 2.18 bits per heavy atom. The summed E-state index contributed by atoms with van der Waals surface area (Å²) < 4.78 is 9.49. The molecule has 0 aliphatic heterocycles. The number of aromatic carboxylic acids is 1. The number of carboxylic acid groups (broad SMARTS) is 1. The fraction of sp³-hybridized carbons (Fsp3) is 0.167. The van der Waals surface area contributed by atoms with Crippen LogP contribution in [0.15, 0.2) is 30.9 Å². The van der Waals surface area contributed by atoms with Crippen molar-refractivity contribution in [1.82, 2.24) is 0 Å². The molecule has 17 heavy (non-hydrogen) atoms. The lowest BCUT2D eigenvalue weighted by Crippen LogP contribution is -2.11. The second-order valence-electron chi connectivity index (χ2n) is 3.24. The predicted octanol–water partition coefficient (Wildman–Crippen LogP) is 2.39. The van der Waals surface area contributed by atoms with E-state index in [9.17, 15) is 9.59 Å². The highest BCUT2D eigenvalue weighted by atomic mass is 16.7. The van der Waals surface area contributed by atoms with Gasteiger partial charge >= 0.3 is 12.1 Å². The fourth-order valence-corrected chi connectivity index (χ4v) is 1.09. The lowest BCUT2D eigenvalue weighted by Gasteiger charge is -2.07. The molecule has 0 bridgehead atoms. The van der Waals surface area contributed by atoms with E-state index in [0.717, 1.165) is 0 Å². The molecular formula is C12H12O5. The first kappa shape index (κ1) is 12.8. The van der Waals surface area contributed by atoms with Crippen LogP contribution in [0.5, 0.6) is 5.75 Å². The first-order chi connectivity index (χ1) is 8.04. The van der Waals surface area contributed by atoms with Crippen molar-refractivity contribution in [2.24, 2.45) is 0 Å². The van der Waals surface area contributed by atoms with E-state index in [4.69, 9.17) is 9.84 Å². The van der Waals surface area contributed by atoms with E-state index < -0.39 is 12.1 Å². The third kappa shape index (κ3) is 3.64. The molecule has 1 N–H and O–H groups in total. The van der Waals surface area contributed by atoms with Gasteiger partial charge in [0.1, 0.15) is 12.4 Å². The van der Waals surface area contributed by atoms with Crippen LogP contribution in [0.25, 0.3) is 0 Å². The van der Waals surface area contributed by atoms with E-state index in [0.29, 0.717) is 5.56 Å². The number of aryl methyl sites for hydroxylation is 1. The molecule has 0 saturated heterocycles. The maximum atomic E-state index is 11.2. The van der Waals surface area contributed by atoms with Gasteiger partial charge in [0.2, 0.25) is 0 Å². The SMILES string of the molecule is C=CCOC(=O)Oc1cc(C(=O)O)ccc1C. The van der Waals surface area contributed by atoms with Crippen molar-refractivity contribution in [2.75, 3.05) is 6.61 Å². The largest absolute Gasteiger partial charge is 0.514 e. The molecule has 0 fully saturated rings. The molecule has 0 saturated carbocycles. The van der Waals surface area contributed by atoms with Gasteiger partial charge in [-0.15, -0.1) is 0 Å². The Balaban J connectivity index is 2.82. The maximum absolute atomic E-state index is 11.2. The molecule has 0 aliphatic carbocycles. The van der Waals surface area contributed by atoms with Gasteiger partial charge in [-0.25, -0.2) is 9.59 Å². The van der Waals surface area contributed by atoms with Crippen molar-refractivity contribution < 1.29 is 24.2 Å². The molecule has 5 nitrogen and oxygen atoms in total. The van der Waals surface area contributed by atoms with Gasteiger partial charge in [-0.2, -0.15) is 0 Å². The molecule has 0 aromatic heterocycles. The van der Waals surface area contributed by atoms with Crippen LogP contribution in [0.4, 0.5) is 4.79 Å². The monoisotopic (exact) mass is 236 g/mol. The van der Waals surface area contributed by atoms with E-state index in [1.165, 1.54) is 18.2 Å². The molecular weight excluding hydrogens is 224 g/mol. The first-order valence-corrected chi connectivity index (χ1v) is 4.84. The van der Waals surface area contributed by atoms with Gasteiger partial charge in [0.25, 0.3) is 0 Å². The predicted molar refractivity (Wildman–Crippen MR) is 60.3 cm³/mol. The summed E-state index contributed by atoms with van der Waals surface area (Å²) in [5.74, 6) is -0.923. The number of carbonyl (C=O) groups is 2. The molecule has 90 valence electrons. The molecule has 1 aromatic carbocycles. The highest BCUT2D eigenvalue weighted by molar-refractivity contribution is 5.88. The number of carboxylic acids is 1. The van der Waals surface area contributed by atoms with Gasteiger partial charge in [0, 0.05) is 0 Å². The number of hydrogen-bond acceptors (Lipinski definition) is 4. The highest BCUT2D eigenvalue weighted by Gasteiger charge is 2.11. The molecule has 1 aromatic rings. The van der Waals surface area contributed by atoms with Crippen molar-refractivity contribution in [1.29, 1.82) is 0 Å². The summed E-state index contributed by atoms with van der Waals surface area (Å²) in [6.07, 6.45) is 0.512. The molecule has 0 amide bonds. The summed E-state index contributed by atoms with van der Waals surface area (Å²) in [4.78, 5) is 21.9. The topological polar surface area (TPSA) is 72.8 Å². The molecule has 0 aliphatic rings. The Morgan fingerprint density at radius 3 is 2.76 bits per heavy atom. The Bertz CT molecular complexity index is 450. The Morgan fingerprint density at radius 1 is 1.47 bits per heavy atom. The van der Waals surface area contributed by atoms with E-state index in [2.05, 4.69) is 11.3 Å². The van der Waals surface area contributed by atoms with E-state index in [-0.39, 0.29) is 17.9 Å². The standard InChI is InChI=1S/C12H12O5/c1-3-6-16-12(15)17-10-7-9(11(13)14)5-4-8(10)2/h3-5,7H,1,6H2,2H3,(H,13,14). The molecule has 0 spiro atoms.